The third kappa shape index (κ3) is 3.94. The van der Waals surface area contributed by atoms with Crippen molar-refractivity contribution in [1.82, 2.24) is 30.5 Å². The van der Waals surface area contributed by atoms with Gasteiger partial charge in [0.1, 0.15) is 11.5 Å². The molecule has 0 fully saturated rings. The highest BCUT2D eigenvalue weighted by Crippen LogP contribution is 2.37. The molecule has 10 heteroatoms. The summed E-state index contributed by atoms with van der Waals surface area (Å²) in [5.41, 5.74) is 8.23. The Labute approximate surface area is 160 Å². The fourth-order valence-electron chi connectivity index (χ4n) is 2.54. The first-order valence-electron chi connectivity index (χ1n) is 9.40. The predicted octanol–water partition coefficient (Wildman–Crippen LogP) is 0.895. The van der Waals surface area contributed by atoms with Gasteiger partial charge in [0.2, 0.25) is 5.91 Å². The lowest BCUT2D eigenvalue weighted by Crippen LogP contribution is -2.21. The SMILES string of the molecule is [2H]C([2H])([2H])NC(=O)Cc1nnc(N)cc1Nc1cccc(-c2cnn(C)n2)c1OC. The van der Waals surface area contributed by atoms with Crippen molar-refractivity contribution in [1.29, 1.82) is 0 Å². The molecule has 0 unspecified atom stereocenters. The number of para-hydroxylation sites is 1. The molecule has 10 nitrogen and oxygen atoms in total. The van der Waals surface area contributed by atoms with Crippen molar-refractivity contribution in [3.8, 4) is 17.0 Å². The van der Waals surface area contributed by atoms with Crippen molar-refractivity contribution in [3.05, 3.63) is 36.2 Å². The summed E-state index contributed by atoms with van der Waals surface area (Å²) < 4.78 is 27.0. The van der Waals surface area contributed by atoms with E-state index in [-0.39, 0.29) is 17.9 Å². The summed E-state index contributed by atoms with van der Waals surface area (Å²) in [6, 6.07) is 6.90. The number of nitrogens with one attached hydrogen (secondary N) is 2. The minimum Gasteiger partial charge on any atom is -0.494 e. The average Bonchev–Trinajstić information content (AvgIpc) is 3.08. The van der Waals surface area contributed by atoms with Crippen LogP contribution in [-0.4, -0.2) is 45.2 Å². The molecule has 0 aliphatic carbocycles. The number of amides is 1. The Hall–Kier alpha value is -3.69. The van der Waals surface area contributed by atoms with Crippen molar-refractivity contribution in [3.63, 3.8) is 0 Å². The molecular weight excluding hydrogens is 348 g/mol. The zero-order valence-corrected chi connectivity index (χ0v) is 14.7. The Kier molecular flexibility index (Phi) is 4.12. The molecule has 0 atom stereocenters. The van der Waals surface area contributed by atoms with Gasteiger partial charge in [-0.05, 0) is 12.1 Å². The number of rotatable bonds is 6. The lowest BCUT2D eigenvalue weighted by atomic mass is 10.1. The standard InChI is InChI=1S/C17H20N8O2/c1-19-16(26)8-13-12(7-15(18)23-22-13)21-11-6-4-5-10(17(11)27-3)14-9-20-25(2)24-14/h4-7,9H,8H2,1-3H3,(H,19,26)(H3,18,21,23)/i1D3. The Morgan fingerprint density at radius 3 is 2.93 bits per heavy atom. The number of methoxy groups -OCH3 is 1. The lowest BCUT2D eigenvalue weighted by Gasteiger charge is -2.16. The van der Waals surface area contributed by atoms with Gasteiger partial charge in [-0.3, -0.25) is 4.79 Å². The van der Waals surface area contributed by atoms with Gasteiger partial charge >= 0.3 is 0 Å². The molecule has 2 aromatic heterocycles. The van der Waals surface area contributed by atoms with E-state index < -0.39 is 12.9 Å². The molecule has 0 aliphatic rings. The van der Waals surface area contributed by atoms with Crippen LogP contribution in [0.3, 0.4) is 0 Å². The van der Waals surface area contributed by atoms with Crippen LogP contribution in [0.2, 0.25) is 0 Å². The smallest absolute Gasteiger partial charge is 0.225 e. The number of nitrogens with zero attached hydrogens (tertiary/aromatic N) is 5. The minimum atomic E-state index is -2.60. The van der Waals surface area contributed by atoms with Gasteiger partial charge in [0.05, 0.1) is 36.8 Å². The number of likely N-dealkylation sites (N-methyl/N-ethyl adjacent to an activating group) is 1. The molecular formula is C17H20N8O2. The van der Waals surface area contributed by atoms with Crippen molar-refractivity contribution in [2.75, 3.05) is 25.1 Å². The third-order valence-corrected chi connectivity index (χ3v) is 3.72. The second-order valence-corrected chi connectivity index (χ2v) is 5.59. The van der Waals surface area contributed by atoms with Gasteiger partial charge in [-0.25, -0.2) is 0 Å². The van der Waals surface area contributed by atoms with Crippen LogP contribution in [0.5, 0.6) is 5.75 Å². The van der Waals surface area contributed by atoms with Crippen LogP contribution in [0.25, 0.3) is 11.3 Å². The van der Waals surface area contributed by atoms with E-state index in [0.717, 1.165) is 0 Å². The maximum absolute atomic E-state index is 12.0. The zero-order valence-electron chi connectivity index (χ0n) is 17.7. The van der Waals surface area contributed by atoms with Crippen LogP contribution in [0.15, 0.2) is 30.5 Å². The fourth-order valence-corrected chi connectivity index (χ4v) is 2.54. The van der Waals surface area contributed by atoms with E-state index >= 15 is 0 Å². The van der Waals surface area contributed by atoms with E-state index in [4.69, 9.17) is 14.6 Å². The summed E-state index contributed by atoms with van der Waals surface area (Å²) in [7, 11) is 3.23. The summed E-state index contributed by atoms with van der Waals surface area (Å²) in [6.07, 6.45) is 1.30. The monoisotopic (exact) mass is 371 g/mol. The van der Waals surface area contributed by atoms with E-state index in [1.807, 2.05) is 11.4 Å². The summed E-state index contributed by atoms with van der Waals surface area (Å²) in [4.78, 5) is 13.5. The highest BCUT2D eigenvalue weighted by atomic mass is 16.5. The van der Waals surface area contributed by atoms with Crippen LogP contribution in [0, 0.1) is 0 Å². The topological polar surface area (TPSA) is 133 Å². The molecule has 1 amide bonds. The quantitative estimate of drug-likeness (QED) is 0.582. The number of ether oxygens (including phenoxy) is 1. The third-order valence-electron chi connectivity index (χ3n) is 3.72. The predicted molar refractivity (Wildman–Crippen MR) is 100 cm³/mol. The van der Waals surface area contributed by atoms with E-state index in [2.05, 4.69) is 25.7 Å². The van der Waals surface area contributed by atoms with Crippen molar-refractivity contribution >= 4 is 23.1 Å². The van der Waals surface area contributed by atoms with Crippen LogP contribution in [-0.2, 0) is 18.3 Å². The van der Waals surface area contributed by atoms with Crippen LogP contribution in [0.4, 0.5) is 17.2 Å². The Morgan fingerprint density at radius 1 is 1.37 bits per heavy atom. The number of hydrogen-bond donors (Lipinski definition) is 3. The Bertz CT molecular complexity index is 1070. The van der Waals surface area contributed by atoms with Crippen LogP contribution >= 0.6 is 0 Å². The molecule has 2 heterocycles. The normalized spacial score (nSPS) is 12.6. The molecule has 0 saturated heterocycles. The van der Waals surface area contributed by atoms with Gasteiger partial charge in [0.25, 0.3) is 0 Å². The highest BCUT2D eigenvalue weighted by Gasteiger charge is 2.16. The first-order valence-corrected chi connectivity index (χ1v) is 7.90. The number of anilines is 3. The maximum Gasteiger partial charge on any atom is 0.225 e. The summed E-state index contributed by atoms with van der Waals surface area (Å²) in [5.74, 6) is -0.106. The molecule has 0 saturated carbocycles. The number of benzene rings is 1. The molecule has 140 valence electrons. The molecule has 0 aliphatic heterocycles. The molecule has 4 N–H and O–H groups in total. The number of nitrogen functional groups attached to an aromatic ring is 1. The molecule has 3 rings (SSSR count). The van der Waals surface area contributed by atoms with E-state index in [0.29, 0.717) is 28.4 Å². The lowest BCUT2D eigenvalue weighted by molar-refractivity contribution is -0.120. The number of nitrogens with two attached hydrogens (primary N) is 1. The van der Waals surface area contributed by atoms with Gasteiger partial charge in [-0.15, -0.1) is 5.10 Å². The Morgan fingerprint density at radius 2 is 2.22 bits per heavy atom. The first kappa shape index (κ1) is 14.5. The van der Waals surface area contributed by atoms with Gasteiger partial charge < -0.3 is 21.1 Å². The number of carbonyl (C=O) groups excluding carboxylic acids is 1. The highest BCUT2D eigenvalue weighted by molar-refractivity contribution is 5.82. The maximum atomic E-state index is 12.0. The molecule has 1 aromatic carbocycles. The van der Waals surface area contributed by atoms with Crippen LogP contribution < -0.4 is 21.1 Å². The second-order valence-electron chi connectivity index (χ2n) is 5.59. The number of aromatic nitrogens is 5. The van der Waals surface area contributed by atoms with Crippen LogP contribution in [0.1, 0.15) is 9.81 Å². The van der Waals surface area contributed by atoms with E-state index in [1.165, 1.54) is 18.0 Å². The molecule has 27 heavy (non-hydrogen) atoms. The van der Waals surface area contributed by atoms with Gasteiger partial charge in [-0.2, -0.15) is 20.1 Å². The van der Waals surface area contributed by atoms with Crippen molar-refractivity contribution in [2.24, 2.45) is 7.05 Å². The second kappa shape index (κ2) is 7.68. The minimum absolute atomic E-state index is 0.126. The number of hydrogen-bond acceptors (Lipinski definition) is 8. The average molecular weight is 371 g/mol. The molecule has 0 bridgehead atoms. The van der Waals surface area contributed by atoms with E-state index in [9.17, 15) is 4.79 Å². The van der Waals surface area contributed by atoms with Crippen molar-refractivity contribution in [2.45, 2.75) is 6.42 Å². The van der Waals surface area contributed by atoms with Crippen molar-refractivity contribution < 1.29 is 13.6 Å². The summed E-state index contributed by atoms with van der Waals surface area (Å²) in [6.45, 7) is -2.60. The van der Waals surface area contributed by atoms with E-state index in [1.54, 1.807) is 25.4 Å². The number of carbonyl (C=O) groups is 1. The van der Waals surface area contributed by atoms with Gasteiger partial charge in [-0.1, -0.05) is 6.07 Å². The molecule has 3 aromatic rings. The number of aryl methyl sites for hydroxylation is 1. The summed E-state index contributed by atoms with van der Waals surface area (Å²) >= 11 is 0. The first-order chi connectivity index (χ1) is 14.2. The largest absolute Gasteiger partial charge is 0.494 e. The molecule has 0 spiro atoms. The Balaban J connectivity index is 1.94. The zero-order chi connectivity index (χ0) is 21.9. The summed E-state index contributed by atoms with van der Waals surface area (Å²) in [5, 5.41) is 21.1. The fraction of sp³-hybridized carbons (Fsp3) is 0.235. The van der Waals surface area contributed by atoms with Gasteiger partial charge in [0.15, 0.2) is 5.75 Å². The van der Waals surface area contributed by atoms with Gasteiger partial charge in [0, 0.05) is 29.8 Å². The molecule has 0 radical (unpaired) electrons.